The Morgan fingerprint density at radius 2 is 2.22 bits per heavy atom. The Kier molecular flexibility index (Phi) is 5.34. The summed E-state index contributed by atoms with van der Waals surface area (Å²) in [4.78, 5) is 11.7. The summed E-state index contributed by atoms with van der Waals surface area (Å²) in [5.74, 6) is 4.27. The summed E-state index contributed by atoms with van der Waals surface area (Å²) in [7, 11) is 0. The van der Waals surface area contributed by atoms with Crippen molar-refractivity contribution in [3.63, 3.8) is 0 Å². The molecule has 0 aliphatic rings. The van der Waals surface area contributed by atoms with Crippen LogP contribution in [-0.2, 0) is 0 Å². The van der Waals surface area contributed by atoms with Gasteiger partial charge in [0.25, 0.3) is 5.91 Å². The third-order valence-electron chi connectivity index (χ3n) is 2.20. The smallest absolute Gasteiger partial charge is 0.254 e. The molecule has 0 aliphatic heterocycles. The molecule has 1 rings (SSSR count). The Morgan fingerprint density at radius 3 is 2.78 bits per heavy atom. The summed E-state index contributed by atoms with van der Waals surface area (Å²) in [6.45, 7) is 4.15. The Labute approximate surface area is 106 Å². The predicted molar refractivity (Wildman–Crippen MR) is 67.5 cm³/mol. The van der Waals surface area contributed by atoms with Gasteiger partial charge in [0, 0.05) is 12.1 Å². The molecular formula is C14H16FNO2. The molecule has 0 saturated heterocycles. The first kappa shape index (κ1) is 14.2. The molecule has 0 heterocycles. The van der Waals surface area contributed by atoms with Crippen LogP contribution in [0.2, 0.25) is 0 Å². The molecule has 2 N–H and O–H groups in total. The highest BCUT2D eigenvalue weighted by atomic mass is 19.1. The van der Waals surface area contributed by atoms with E-state index in [9.17, 15) is 9.18 Å². The van der Waals surface area contributed by atoms with Gasteiger partial charge in [0.1, 0.15) is 12.4 Å². The molecule has 3 nitrogen and oxygen atoms in total. The molecule has 0 atom stereocenters. The summed E-state index contributed by atoms with van der Waals surface area (Å²) < 4.78 is 13.7. The van der Waals surface area contributed by atoms with Crippen molar-refractivity contribution in [3.05, 3.63) is 35.1 Å². The van der Waals surface area contributed by atoms with Crippen molar-refractivity contribution in [1.82, 2.24) is 5.32 Å². The van der Waals surface area contributed by atoms with Gasteiger partial charge in [-0.15, -0.1) is 0 Å². The first-order chi connectivity index (χ1) is 8.54. The summed E-state index contributed by atoms with van der Waals surface area (Å²) >= 11 is 0. The normalized spacial score (nSPS) is 9.83. The maximum Gasteiger partial charge on any atom is 0.254 e. The molecule has 0 fully saturated rings. The van der Waals surface area contributed by atoms with E-state index in [1.807, 2.05) is 13.8 Å². The highest BCUT2D eigenvalue weighted by Gasteiger charge is 2.11. The van der Waals surface area contributed by atoms with Gasteiger partial charge in [0.05, 0.1) is 5.56 Å². The quantitative estimate of drug-likeness (QED) is 0.799. The van der Waals surface area contributed by atoms with E-state index in [0.29, 0.717) is 18.0 Å². The average molecular weight is 249 g/mol. The minimum atomic E-state index is -0.610. The molecule has 0 bridgehead atoms. The topological polar surface area (TPSA) is 49.3 Å². The third-order valence-corrected chi connectivity index (χ3v) is 2.20. The average Bonchev–Trinajstić information content (AvgIpc) is 2.33. The molecule has 0 aliphatic carbocycles. The molecule has 18 heavy (non-hydrogen) atoms. The van der Waals surface area contributed by atoms with Crippen molar-refractivity contribution >= 4 is 5.91 Å². The number of aliphatic hydroxyl groups is 1. The van der Waals surface area contributed by atoms with Crippen LogP contribution in [0.5, 0.6) is 0 Å². The summed E-state index contributed by atoms with van der Waals surface area (Å²) in [6.07, 6.45) is 0. The molecule has 0 spiro atoms. The number of hydrogen-bond donors (Lipinski definition) is 2. The molecule has 1 aromatic carbocycles. The van der Waals surface area contributed by atoms with E-state index < -0.39 is 11.7 Å². The monoisotopic (exact) mass is 249 g/mol. The van der Waals surface area contributed by atoms with Crippen LogP contribution in [0, 0.1) is 23.6 Å². The van der Waals surface area contributed by atoms with E-state index in [1.165, 1.54) is 12.1 Å². The number of carbonyl (C=O) groups excluding carboxylic acids is 1. The summed E-state index contributed by atoms with van der Waals surface area (Å²) in [5, 5.41) is 11.2. The highest BCUT2D eigenvalue weighted by molar-refractivity contribution is 5.94. The van der Waals surface area contributed by atoms with Gasteiger partial charge in [-0.1, -0.05) is 25.7 Å². The Morgan fingerprint density at radius 1 is 1.50 bits per heavy atom. The van der Waals surface area contributed by atoms with Gasteiger partial charge < -0.3 is 10.4 Å². The number of carbonyl (C=O) groups is 1. The molecule has 0 unspecified atom stereocenters. The molecule has 96 valence electrons. The fourth-order valence-electron chi connectivity index (χ4n) is 1.31. The van der Waals surface area contributed by atoms with Crippen molar-refractivity contribution in [2.45, 2.75) is 13.8 Å². The first-order valence-corrected chi connectivity index (χ1v) is 5.72. The van der Waals surface area contributed by atoms with Gasteiger partial charge in [-0.05, 0) is 24.1 Å². The van der Waals surface area contributed by atoms with Crippen molar-refractivity contribution < 1.29 is 14.3 Å². The van der Waals surface area contributed by atoms with Crippen LogP contribution in [0.25, 0.3) is 0 Å². The van der Waals surface area contributed by atoms with E-state index in [0.717, 1.165) is 0 Å². The van der Waals surface area contributed by atoms with Crippen LogP contribution in [0.3, 0.4) is 0 Å². The number of benzene rings is 1. The fraction of sp³-hybridized carbons (Fsp3) is 0.357. The van der Waals surface area contributed by atoms with Gasteiger partial charge >= 0.3 is 0 Å². The lowest BCUT2D eigenvalue weighted by molar-refractivity contribution is 0.0945. The highest BCUT2D eigenvalue weighted by Crippen LogP contribution is 2.10. The number of rotatable bonds is 3. The lowest BCUT2D eigenvalue weighted by Crippen LogP contribution is -2.28. The van der Waals surface area contributed by atoms with E-state index in [2.05, 4.69) is 17.2 Å². The second-order valence-corrected chi connectivity index (χ2v) is 4.26. The van der Waals surface area contributed by atoms with E-state index in [1.54, 1.807) is 6.07 Å². The zero-order valence-corrected chi connectivity index (χ0v) is 10.5. The van der Waals surface area contributed by atoms with Gasteiger partial charge in [-0.2, -0.15) is 0 Å². The van der Waals surface area contributed by atoms with Crippen LogP contribution < -0.4 is 5.32 Å². The minimum Gasteiger partial charge on any atom is -0.384 e. The van der Waals surface area contributed by atoms with Crippen molar-refractivity contribution in [2.75, 3.05) is 13.2 Å². The zero-order chi connectivity index (χ0) is 13.5. The standard InChI is InChI=1S/C14H16FNO2/c1-10(2)9-16-14(18)12-6-5-11(4-3-7-17)8-13(12)15/h5-6,8,10,17H,7,9H2,1-2H3,(H,16,18). The van der Waals surface area contributed by atoms with E-state index in [4.69, 9.17) is 5.11 Å². The van der Waals surface area contributed by atoms with Crippen LogP contribution in [0.15, 0.2) is 18.2 Å². The van der Waals surface area contributed by atoms with Crippen LogP contribution in [0.1, 0.15) is 29.8 Å². The predicted octanol–water partition coefficient (Wildman–Crippen LogP) is 1.56. The maximum atomic E-state index is 13.7. The maximum absolute atomic E-state index is 13.7. The number of nitrogens with one attached hydrogen (secondary N) is 1. The molecule has 0 aromatic heterocycles. The van der Waals surface area contributed by atoms with E-state index >= 15 is 0 Å². The van der Waals surface area contributed by atoms with Gasteiger partial charge in [-0.25, -0.2) is 4.39 Å². The second-order valence-electron chi connectivity index (χ2n) is 4.26. The third kappa shape index (κ3) is 4.19. The largest absolute Gasteiger partial charge is 0.384 e. The van der Waals surface area contributed by atoms with Crippen molar-refractivity contribution in [1.29, 1.82) is 0 Å². The van der Waals surface area contributed by atoms with Crippen molar-refractivity contribution in [2.24, 2.45) is 5.92 Å². The van der Waals surface area contributed by atoms with Crippen LogP contribution in [-0.4, -0.2) is 24.2 Å². The molecule has 1 aromatic rings. The second kappa shape index (κ2) is 6.77. The fourth-order valence-corrected chi connectivity index (χ4v) is 1.31. The van der Waals surface area contributed by atoms with Gasteiger partial charge in [0.15, 0.2) is 0 Å². The summed E-state index contributed by atoms with van der Waals surface area (Å²) in [5.41, 5.74) is 0.437. The van der Waals surface area contributed by atoms with Crippen LogP contribution in [0.4, 0.5) is 4.39 Å². The number of hydrogen-bond acceptors (Lipinski definition) is 2. The Bertz CT molecular complexity index is 486. The van der Waals surface area contributed by atoms with Crippen molar-refractivity contribution in [3.8, 4) is 11.8 Å². The minimum absolute atomic E-state index is 0.00481. The number of halogens is 1. The molecule has 4 heteroatoms. The first-order valence-electron chi connectivity index (χ1n) is 5.72. The Balaban J connectivity index is 2.82. The molecular weight excluding hydrogens is 233 g/mol. The number of amides is 1. The molecule has 0 radical (unpaired) electrons. The van der Waals surface area contributed by atoms with Gasteiger partial charge in [-0.3, -0.25) is 4.79 Å². The van der Waals surface area contributed by atoms with Gasteiger partial charge in [0.2, 0.25) is 0 Å². The molecule has 0 saturated carbocycles. The SMILES string of the molecule is CC(C)CNC(=O)c1ccc(C#CCO)cc1F. The van der Waals surface area contributed by atoms with Crippen LogP contribution >= 0.6 is 0 Å². The zero-order valence-electron chi connectivity index (χ0n) is 10.5. The summed E-state index contributed by atoms with van der Waals surface area (Å²) in [6, 6.07) is 4.13. The lowest BCUT2D eigenvalue weighted by Gasteiger charge is -2.08. The Hall–Kier alpha value is -1.86. The van der Waals surface area contributed by atoms with E-state index in [-0.39, 0.29) is 12.2 Å². The lowest BCUT2D eigenvalue weighted by atomic mass is 10.1. The number of aliphatic hydroxyl groups excluding tert-OH is 1. The molecule has 1 amide bonds.